The summed E-state index contributed by atoms with van der Waals surface area (Å²) in [4.78, 5) is 0. The molecule has 0 aromatic carbocycles. The molecule has 0 bridgehead atoms. The van der Waals surface area contributed by atoms with Gasteiger partial charge in [0.05, 0.1) is 26.4 Å². The number of aliphatic hydroxyl groups excluding tert-OH is 13. The minimum atomic E-state index is -2.01. The van der Waals surface area contributed by atoms with Crippen molar-refractivity contribution < 1.29 is 104 Å². The number of hydrogen-bond donors (Lipinski definition) is 13. The second-order valence-electron chi connectivity index (χ2n) is 14.5. The van der Waals surface area contributed by atoms with Crippen molar-refractivity contribution in [3.05, 3.63) is 0 Å². The summed E-state index contributed by atoms with van der Waals surface area (Å²) >= 11 is 0. The SMILES string of the molecule is CCCCCCCCCCO[C@@H]1O[C@H](CO)[C@@H](O[C@@H]2O[C@H](CO)[C@H](O[C@@H]3O[C@H](CO)[C@@H](O[C@@H]4O[C@H](CO)[C@H](O)[C@H](O)[C@H]4O)[C@H](O)[C@H]3O)[C@H](O)[C@H]2O)[C@H](O)[C@H]1O. The Morgan fingerprint density at radius 1 is 0.364 bits per heavy atom. The van der Waals surface area contributed by atoms with E-state index in [2.05, 4.69) is 6.92 Å². The van der Waals surface area contributed by atoms with Crippen molar-refractivity contribution in [1.29, 1.82) is 0 Å². The molecule has 0 aromatic rings. The summed E-state index contributed by atoms with van der Waals surface area (Å²) in [5, 5.41) is 136. The molecular formula is C34H62O21. The molecule has 55 heavy (non-hydrogen) atoms. The molecule has 0 aliphatic carbocycles. The lowest BCUT2D eigenvalue weighted by atomic mass is 9.95. The van der Waals surface area contributed by atoms with E-state index in [1.54, 1.807) is 0 Å². The Kier molecular flexibility index (Phi) is 19.2. The van der Waals surface area contributed by atoms with Gasteiger partial charge in [0.2, 0.25) is 0 Å². The third kappa shape index (κ3) is 11.5. The first-order chi connectivity index (χ1) is 26.3. The van der Waals surface area contributed by atoms with Gasteiger partial charge in [-0.2, -0.15) is 0 Å². The van der Waals surface area contributed by atoms with Gasteiger partial charge in [0.1, 0.15) is 97.7 Å². The van der Waals surface area contributed by atoms with E-state index in [1.807, 2.05) is 0 Å². The average Bonchev–Trinajstić information content (AvgIpc) is 3.18. The van der Waals surface area contributed by atoms with E-state index < -0.39 is 149 Å². The second-order valence-corrected chi connectivity index (χ2v) is 14.5. The highest BCUT2D eigenvalue weighted by Gasteiger charge is 2.55. The lowest BCUT2D eigenvalue weighted by Gasteiger charge is -2.49. The highest BCUT2D eigenvalue weighted by molar-refractivity contribution is 4.98. The van der Waals surface area contributed by atoms with Crippen molar-refractivity contribution in [2.45, 2.75) is 181 Å². The van der Waals surface area contributed by atoms with Gasteiger partial charge in [-0.15, -0.1) is 0 Å². The molecule has 0 spiro atoms. The summed E-state index contributed by atoms with van der Waals surface area (Å²) in [6.07, 6.45) is -25.5. The van der Waals surface area contributed by atoms with Gasteiger partial charge in [0.15, 0.2) is 25.2 Å². The Labute approximate surface area is 318 Å². The van der Waals surface area contributed by atoms with Gasteiger partial charge in [0, 0.05) is 6.61 Å². The Bertz CT molecular complexity index is 1070. The largest absolute Gasteiger partial charge is 0.394 e. The van der Waals surface area contributed by atoms with E-state index in [4.69, 9.17) is 37.9 Å². The highest BCUT2D eigenvalue weighted by atomic mass is 16.8. The molecular weight excluding hydrogens is 744 g/mol. The Morgan fingerprint density at radius 3 is 1.09 bits per heavy atom. The van der Waals surface area contributed by atoms with Crippen molar-refractivity contribution in [3.63, 3.8) is 0 Å². The molecule has 0 saturated carbocycles. The van der Waals surface area contributed by atoms with Crippen molar-refractivity contribution in [1.82, 2.24) is 0 Å². The Balaban J connectivity index is 1.33. The molecule has 0 unspecified atom stereocenters. The van der Waals surface area contributed by atoms with E-state index in [9.17, 15) is 66.4 Å². The molecule has 0 amide bonds. The quantitative estimate of drug-likeness (QED) is 0.0510. The van der Waals surface area contributed by atoms with Crippen LogP contribution in [0.3, 0.4) is 0 Å². The van der Waals surface area contributed by atoms with E-state index in [0.29, 0.717) is 6.42 Å². The van der Waals surface area contributed by atoms with Crippen molar-refractivity contribution >= 4 is 0 Å². The third-order valence-electron chi connectivity index (χ3n) is 10.5. The van der Waals surface area contributed by atoms with Crippen LogP contribution < -0.4 is 0 Å². The fraction of sp³-hybridized carbons (Fsp3) is 1.00. The zero-order valence-corrected chi connectivity index (χ0v) is 30.8. The molecule has 4 rings (SSSR count). The van der Waals surface area contributed by atoms with Gasteiger partial charge in [-0.05, 0) is 6.42 Å². The summed E-state index contributed by atoms with van der Waals surface area (Å²) in [6, 6.07) is 0. The maximum Gasteiger partial charge on any atom is 0.187 e. The van der Waals surface area contributed by atoms with E-state index in [1.165, 1.54) is 19.3 Å². The second kappa shape index (κ2) is 22.5. The summed E-state index contributed by atoms with van der Waals surface area (Å²) in [7, 11) is 0. The maximum absolute atomic E-state index is 11.1. The predicted octanol–water partition coefficient (Wildman–Crippen LogP) is -5.58. The van der Waals surface area contributed by atoms with Gasteiger partial charge in [0.25, 0.3) is 0 Å². The van der Waals surface area contributed by atoms with Crippen LogP contribution in [0.25, 0.3) is 0 Å². The normalized spacial score (nSPS) is 45.5. The molecule has 4 saturated heterocycles. The molecule has 0 radical (unpaired) electrons. The summed E-state index contributed by atoms with van der Waals surface area (Å²) in [5.74, 6) is 0. The Morgan fingerprint density at radius 2 is 0.691 bits per heavy atom. The molecule has 13 N–H and O–H groups in total. The first kappa shape index (κ1) is 46.8. The van der Waals surface area contributed by atoms with Crippen LogP contribution in [0.15, 0.2) is 0 Å². The lowest BCUT2D eigenvalue weighted by molar-refractivity contribution is -0.388. The zero-order chi connectivity index (χ0) is 40.4. The number of rotatable bonds is 20. The lowest BCUT2D eigenvalue weighted by Crippen LogP contribution is -2.67. The fourth-order valence-electron chi connectivity index (χ4n) is 7.10. The number of hydrogen-bond acceptors (Lipinski definition) is 21. The van der Waals surface area contributed by atoms with Gasteiger partial charge in [-0.1, -0.05) is 51.9 Å². The van der Waals surface area contributed by atoms with Gasteiger partial charge in [-0.3, -0.25) is 0 Å². The van der Waals surface area contributed by atoms with Crippen LogP contribution in [0, 0.1) is 0 Å². The van der Waals surface area contributed by atoms with Crippen LogP contribution in [0.4, 0.5) is 0 Å². The number of aliphatic hydroxyl groups is 13. The van der Waals surface area contributed by atoms with E-state index in [-0.39, 0.29) is 6.61 Å². The van der Waals surface area contributed by atoms with Crippen LogP contribution in [0.5, 0.6) is 0 Å². The molecule has 4 heterocycles. The fourth-order valence-corrected chi connectivity index (χ4v) is 7.10. The zero-order valence-electron chi connectivity index (χ0n) is 30.8. The molecule has 4 aliphatic rings. The molecule has 21 heteroatoms. The molecule has 4 aliphatic heterocycles. The standard InChI is InChI=1S/C34H62O21/c1-2-3-4-5-6-7-8-9-10-48-31-25(45)21(41)28(16(12-36)50-31)54-33-27(47)23(43)30(18(14-38)52-33)55-34-26(46)22(42)29(17(13-37)51-34)53-32-24(44)20(40)19(39)15(11-35)49-32/h15-47H,2-14H2,1H3/t15-,16-,17-,18-,19+,20+,21-,22-,23-,24-,25-,26-,27-,28-,29-,30+,31-,32+,33+,34+/m1/s1. The molecule has 21 nitrogen and oxygen atoms in total. The maximum atomic E-state index is 11.1. The van der Waals surface area contributed by atoms with E-state index >= 15 is 0 Å². The topological polar surface area (TPSA) is 337 Å². The van der Waals surface area contributed by atoms with Crippen molar-refractivity contribution in [2.24, 2.45) is 0 Å². The summed E-state index contributed by atoms with van der Waals surface area (Å²) < 4.78 is 44.7. The first-order valence-corrected chi connectivity index (χ1v) is 19.1. The van der Waals surface area contributed by atoms with Crippen LogP contribution in [0.2, 0.25) is 0 Å². The summed E-state index contributed by atoms with van der Waals surface area (Å²) in [6.45, 7) is -0.867. The number of unbranched alkanes of at least 4 members (excludes halogenated alkanes) is 7. The molecule has 4 fully saturated rings. The van der Waals surface area contributed by atoms with Crippen molar-refractivity contribution in [2.75, 3.05) is 33.0 Å². The van der Waals surface area contributed by atoms with Crippen LogP contribution in [0.1, 0.15) is 58.3 Å². The monoisotopic (exact) mass is 806 g/mol. The molecule has 20 atom stereocenters. The van der Waals surface area contributed by atoms with Crippen LogP contribution in [-0.4, -0.2) is 222 Å². The predicted molar refractivity (Wildman–Crippen MR) is 180 cm³/mol. The molecule has 324 valence electrons. The Hall–Kier alpha value is -0.840. The number of ether oxygens (including phenoxy) is 8. The van der Waals surface area contributed by atoms with Gasteiger partial charge in [-0.25, -0.2) is 0 Å². The molecule has 0 aromatic heterocycles. The smallest absolute Gasteiger partial charge is 0.187 e. The minimum absolute atomic E-state index is 0.227. The third-order valence-corrected chi connectivity index (χ3v) is 10.5. The van der Waals surface area contributed by atoms with Crippen LogP contribution in [-0.2, 0) is 37.9 Å². The van der Waals surface area contributed by atoms with Crippen molar-refractivity contribution in [3.8, 4) is 0 Å². The van der Waals surface area contributed by atoms with Gasteiger partial charge < -0.3 is 104 Å². The average molecular weight is 807 g/mol. The van der Waals surface area contributed by atoms with E-state index in [0.717, 1.165) is 25.7 Å². The van der Waals surface area contributed by atoms with Gasteiger partial charge >= 0.3 is 0 Å². The minimum Gasteiger partial charge on any atom is -0.394 e. The first-order valence-electron chi connectivity index (χ1n) is 19.1. The highest BCUT2D eigenvalue weighted by Crippen LogP contribution is 2.34. The van der Waals surface area contributed by atoms with Crippen LogP contribution >= 0.6 is 0 Å². The summed E-state index contributed by atoms with van der Waals surface area (Å²) in [5.41, 5.74) is 0.